The first-order valence-corrected chi connectivity index (χ1v) is 12.2. The lowest BCUT2D eigenvalue weighted by molar-refractivity contribution is 0.377. The SMILES string of the molecule is COc1ccc(C=C2CSCC3=C2N=C2SCCN2C3c2ccc(OC)cc2)cc1. The van der Waals surface area contributed by atoms with Crippen LogP contribution in [-0.2, 0) is 0 Å². The van der Waals surface area contributed by atoms with Gasteiger partial charge in [-0.1, -0.05) is 36.0 Å². The van der Waals surface area contributed by atoms with Crippen molar-refractivity contribution < 1.29 is 9.47 Å². The summed E-state index contributed by atoms with van der Waals surface area (Å²) in [5.41, 5.74) is 6.41. The first kappa shape index (κ1) is 19.6. The molecule has 3 heterocycles. The van der Waals surface area contributed by atoms with E-state index in [-0.39, 0.29) is 6.04 Å². The van der Waals surface area contributed by atoms with Crippen molar-refractivity contribution in [2.24, 2.45) is 4.99 Å². The van der Waals surface area contributed by atoms with Crippen molar-refractivity contribution in [1.29, 1.82) is 0 Å². The lowest BCUT2D eigenvalue weighted by Gasteiger charge is -2.38. The van der Waals surface area contributed by atoms with Crippen LogP contribution in [0.25, 0.3) is 6.08 Å². The highest BCUT2D eigenvalue weighted by Gasteiger charge is 2.38. The van der Waals surface area contributed by atoms with Gasteiger partial charge in [-0.2, -0.15) is 11.8 Å². The molecule has 1 saturated heterocycles. The Morgan fingerprint density at radius 3 is 2.37 bits per heavy atom. The van der Waals surface area contributed by atoms with Gasteiger partial charge in [0.25, 0.3) is 0 Å². The summed E-state index contributed by atoms with van der Waals surface area (Å²) in [5.74, 6) is 4.87. The Morgan fingerprint density at radius 2 is 1.67 bits per heavy atom. The van der Waals surface area contributed by atoms with Crippen LogP contribution in [0.15, 0.2) is 70.4 Å². The Kier molecular flexibility index (Phi) is 5.52. The third kappa shape index (κ3) is 3.63. The Hall–Kier alpha value is -2.31. The van der Waals surface area contributed by atoms with Crippen LogP contribution in [0.3, 0.4) is 0 Å². The molecule has 30 heavy (non-hydrogen) atoms. The number of rotatable bonds is 4. The highest BCUT2D eigenvalue weighted by molar-refractivity contribution is 8.14. The van der Waals surface area contributed by atoms with Gasteiger partial charge in [0, 0.05) is 23.8 Å². The van der Waals surface area contributed by atoms with Gasteiger partial charge in [0.2, 0.25) is 0 Å². The lowest BCUT2D eigenvalue weighted by Crippen LogP contribution is -2.36. The smallest absolute Gasteiger partial charge is 0.165 e. The van der Waals surface area contributed by atoms with E-state index in [1.807, 2.05) is 35.7 Å². The van der Waals surface area contributed by atoms with E-state index >= 15 is 0 Å². The predicted molar refractivity (Wildman–Crippen MR) is 128 cm³/mol. The second kappa shape index (κ2) is 8.44. The number of nitrogens with zero attached hydrogens (tertiary/aromatic N) is 2. The molecule has 0 aliphatic carbocycles. The fraction of sp³-hybridized carbons (Fsp3) is 0.292. The summed E-state index contributed by atoms with van der Waals surface area (Å²) < 4.78 is 10.7. The summed E-state index contributed by atoms with van der Waals surface area (Å²) in [6.45, 7) is 1.04. The zero-order valence-electron chi connectivity index (χ0n) is 17.1. The molecule has 6 heteroatoms. The molecule has 0 aromatic heterocycles. The van der Waals surface area contributed by atoms with E-state index in [0.29, 0.717) is 0 Å². The number of hydrogen-bond donors (Lipinski definition) is 0. The third-order valence-corrected chi connectivity index (χ3v) is 7.67. The van der Waals surface area contributed by atoms with Gasteiger partial charge in [-0.25, -0.2) is 4.99 Å². The molecular formula is C24H24N2O2S2. The van der Waals surface area contributed by atoms with Crippen molar-refractivity contribution in [1.82, 2.24) is 4.90 Å². The lowest BCUT2D eigenvalue weighted by atomic mass is 9.92. The van der Waals surface area contributed by atoms with Crippen LogP contribution in [0.2, 0.25) is 0 Å². The van der Waals surface area contributed by atoms with E-state index in [1.54, 1.807) is 14.2 Å². The van der Waals surface area contributed by atoms with Gasteiger partial charge >= 0.3 is 0 Å². The molecular weight excluding hydrogens is 412 g/mol. The molecule has 2 aromatic carbocycles. The largest absolute Gasteiger partial charge is 0.497 e. The van der Waals surface area contributed by atoms with Crippen molar-refractivity contribution in [3.05, 3.63) is 76.5 Å². The molecule has 3 aliphatic heterocycles. The molecule has 0 bridgehead atoms. The van der Waals surface area contributed by atoms with Gasteiger partial charge in [-0.3, -0.25) is 0 Å². The van der Waals surface area contributed by atoms with Crippen LogP contribution in [0, 0.1) is 0 Å². The first-order valence-electron chi connectivity index (χ1n) is 10.0. The second-order valence-corrected chi connectivity index (χ2v) is 9.47. The fourth-order valence-corrected chi connectivity index (χ4v) is 6.22. The van der Waals surface area contributed by atoms with E-state index in [1.165, 1.54) is 28.0 Å². The van der Waals surface area contributed by atoms with Gasteiger partial charge in [0.05, 0.1) is 26.0 Å². The summed E-state index contributed by atoms with van der Waals surface area (Å²) in [5, 5.41) is 1.15. The second-order valence-electron chi connectivity index (χ2n) is 7.42. The van der Waals surface area contributed by atoms with Crippen LogP contribution in [-0.4, -0.2) is 48.1 Å². The molecule has 5 rings (SSSR count). The zero-order chi connectivity index (χ0) is 20.5. The van der Waals surface area contributed by atoms with Gasteiger partial charge < -0.3 is 14.4 Å². The van der Waals surface area contributed by atoms with Crippen LogP contribution >= 0.6 is 23.5 Å². The van der Waals surface area contributed by atoms with Crippen molar-refractivity contribution in [3.63, 3.8) is 0 Å². The minimum absolute atomic E-state index is 0.250. The maximum Gasteiger partial charge on any atom is 0.165 e. The molecule has 1 atom stereocenters. The molecule has 154 valence electrons. The fourth-order valence-electron chi connectivity index (χ4n) is 4.18. The summed E-state index contributed by atoms with van der Waals surface area (Å²) in [6.07, 6.45) is 2.28. The van der Waals surface area contributed by atoms with Crippen molar-refractivity contribution in [3.8, 4) is 11.5 Å². The van der Waals surface area contributed by atoms with E-state index < -0.39 is 0 Å². The van der Waals surface area contributed by atoms with E-state index in [0.717, 1.165) is 40.5 Å². The number of aliphatic imine (C=N–C) groups is 1. The molecule has 0 amide bonds. The maximum atomic E-state index is 5.37. The van der Waals surface area contributed by atoms with Gasteiger partial charge in [0.1, 0.15) is 11.5 Å². The van der Waals surface area contributed by atoms with E-state index in [4.69, 9.17) is 14.5 Å². The molecule has 0 radical (unpaired) electrons. The average molecular weight is 437 g/mol. The summed E-state index contributed by atoms with van der Waals surface area (Å²) in [4.78, 5) is 7.62. The van der Waals surface area contributed by atoms with Crippen LogP contribution in [0.1, 0.15) is 17.2 Å². The normalized spacial score (nSPS) is 21.9. The minimum Gasteiger partial charge on any atom is -0.497 e. The summed E-state index contributed by atoms with van der Waals surface area (Å²) >= 11 is 3.85. The molecule has 0 N–H and O–H groups in total. The summed E-state index contributed by atoms with van der Waals surface area (Å²) in [6, 6.07) is 17.0. The zero-order valence-corrected chi connectivity index (χ0v) is 18.8. The number of methoxy groups -OCH3 is 2. The predicted octanol–water partition coefficient (Wildman–Crippen LogP) is 5.25. The Balaban J connectivity index is 1.57. The highest BCUT2D eigenvalue weighted by atomic mass is 32.2. The Morgan fingerprint density at radius 1 is 0.967 bits per heavy atom. The number of hydrogen-bond acceptors (Lipinski definition) is 6. The van der Waals surface area contributed by atoms with Crippen LogP contribution in [0.5, 0.6) is 11.5 Å². The van der Waals surface area contributed by atoms with E-state index in [2.05, 4.69) is 47.4 Å². The van der Waals surface area contributed by atoms with Crippen molar-refractivity contribution in [2.75, 3.05) is 38.0 Å². The molecule has 2 aromatic rings. The molecule has 0 spiro atoms. The number of benzene rings is 2. The molecule has 0 saturated carbocycles. The van der Waals surface area contributed by atoms with Gasteiger partial charge in [0.15, 0.2) is 5.17 Å². The van der Waals surface area contributed by atoms with Crippen molar-refractivity contribution in [2.45, 2.75) is 6.04 Å². The average Bonchev–Trinajstić information content (AvgIpc) is 3.27. The van der Waals surface area contributed by atoms with Gasteiger partial charge in [-0.15, -0.1) is 0 Å². The van der Waals surface area contributed by atoms with E-state index in [9.17, 15) is 0 Å². The molecule has 3 aliphatic rings. The number of ether oxygens (including phenoxy) is 2. The van der Waals surface area contributed by atoms with Crippen LogP contribution in [0.4, 0.5) is 0 Å². The van der Waals surface area contributed by atoms with Crippen LogP contribution < -0.4 is 9.47 Å². The third-order valence-electron chi connectivity index (χ3n) is 5.67. The Bertz CT molecular complexity index is 1030. The topological polar surface area (TPSA) is 34.1 Å². The number of amidine groups is 1. The molecule has 4 nitrogen and oxygen atoms in total. The maximum absolute atomic E-state index is 5.37. The Labute approximate surface area is 186 Å². The highest BCUT2D eigenvalue weighted by Crippen LogP contribution is 2.46. The van der Waals surface area contributed by atoms with Gasteiger partial charge in [-0.05, 0) is 52.6 Å². The molecule has 1 unspecified atom stereocenters. The number of thioether (sulfide) groups is 2. The standard InChI is InChI=1S/C24H24N2O2S2/c1-27-19-7-3-16(4-8-19)13-18-14-29-15-21-22(18)25-24-26(11-12-30-24)23(21)17-5-9-20(28-2)10-6-17/h3-10,13,23H,11-12,14-15H2,1-2H3. The summed E-state index contributed by atoms with van der Waals surface area (Å²) in [7, 11) is 3.41. The van der Waals surface area contributed by atoms with Crippen molar-refractivity contribution >= 4 is 34.8 Å². The number of allylic oxidation sites excluding steroid dienone is 1. The number of fused-ring (bicyclic) bond motifs is 1. The minimum atomic E-state index is 0.250. The molecule has 1 fully saturated rings. The first-order chi connectivity index (χ1) is 14.8. The monoisotopic (exact) mass is 436 g/mol. The quantitative estimate of drug-likeness (QED) is 0.654.